The van der Waals surface area contributed by atoms with Crippen molar-refractivity contribution in [1.82, 2.24) is 15.2 Å². The zero-order chi connectivity index (χ0) is 34.4. The number of amides is 2. The maximum atomic E-state index is 13.8. The molecule has 2 aliphatic carbocycles. The Morgan fingerprint density at radius 3 is 2.30 bits per heavy atom. The number of ether oxygens (including phenoxy) is 2. The molecule has 0 spiro atoms. The molecule has 1 aliphatic heterocycles. The highest BCUT2D eigenvalue weighted by molar-refractivity contribution is 5.94. The summed E-state index contributed by atoms with van der Waals surface area (Å²) in [6.45, 7) is 2.50. The van der Waals surface area contributed by atoms with Crippen molar-refractivity contribution in [3.05, 3.63) is 126 Å². The molecule has 3 atom stereocenters. The first kappa shape index (κ1) is 31.7. The first-order valence-corrected chi connectivity index (χ1v) is 17.3. The molecule has 50 heavy (non-hydrogen) atoms. The number of alkyl carbamates (subject to hydrolysis) is 1. The molecule has 8 nitrogen and oxygen atoms in total. The summed E-state index contributed by atoms with van der Waals surface area (Å²) in [5.41, 5.74) is 8.76. The molecular weight excluding hydrogens is 626 g/mol. The Morgan fingerprint density at radius 1 is 0.900 bits per heavy atom. The summed E-state index contributed by atoms with van der Waals surface area (Å²) in [5.74, 6) is -0.689. The SMILES string of the molecule is COC(=O)[C@]12Cc3cc4cccc(-c5ccccc5)c4nc3C[C@@H]1CCN(C(=O)[C@H](C)NC(=O)OCC1c3ccccc3-c3ccccc31)C2. The lowest BCUT2D eigenvalue weighted by Gasteiger charge is -2.49. The van der Waals surface area contributed by atoms with E-state index in [1.165, 1.54) is 7.11 Å². The van der Waals surface area contributed by atoms with Crippen LogP contribution in [0, 0.1) is 11.3 Å². The van der Waals surface area contributed by atoms with Crippen molar-refractivity contribution in [2.45, 2.75) is 38.1 Å². The number of nitrogens with one attached hydrogen (secondary N) is 1. The number of pyridine rings is 1. The van der Waals surface area contributed by atoms with Crippen LogP contribution < -0.4 is 5.32 Å². The number of rotatable bonds is 6. The second-order valence-corrected chi connectivity index (χ2v) is 13.8. The van der Waals surface area contributed by atoms with Crippen LogP contribution in [0.3, 0.4) is 0 Å². The molecule has 5 aromatic rings. The van der Waals surface area contributed by atoms with Gasteiger partial charge in [-0.3, -0.25) is 14.6 Å². The van der Waals surface area contributed by atoms with Crippen molar-refractivity contribution in [3.8, 4) is 22.3 Å². The smallest absolute Gasteiger partial charge is 0.407 e. The molecule has 1 fully saturated rings. The van der Waals surface area contributed by atoms with Gasteiger partial charge >= 0.3 is 12.1 Å². The number of hydrogen-bond acceptors (Lipinski definition) is 6. The van der Waals surface area contributed by atoms with Gasteiger partial charge in [-0.05, 0) is 71.6 Å². The minimum absolute atomic E-state index is 0.0364. The molecule has 2 amide bonds. The van der Waals surface area contributed by atoms with E-state index in [2.05, 4.69) is 59.9 Å². The fourth-order valence-corrected chi connectivity index (χ4v) is 8.52. The van der Waals surface area contributed by atoms with Crippen LogP contribution in [0.2, 0.25) is 0 Å². The topological polar surface area (TPSA) is 97.8 Å². The van der Waals surface area contributed by atoms with Gasteiger partial charge in [-0.15, -0.1) is 0 Å². The fraction of sp³-hybridized carbons (Fsp3) is 0.286. The molecule has 1 aromatic heterocycles. The van der Waals surface area contributed by atoms with Gasteiger partial charge in [0.15, 0.2) is 0 Å². The van der Waals surface area contributed by atoms with E-state index in [-0.39, 0.29) is 36.9 Å². The number of likely N-dealkylation sites (tertiary alicyclic amines) is 1. The van der Waals surface area contributed by atoms with Gasteiger partial charge in [-0.1, -0.05) is 97.1 Å². The number of para-hydroxylation sites is 1. The van der Waals surface area contributed by atoms with Crippen LogP contribution in [0.4, 0.5) is 4.79 Å². The molecule has 0 bridgehead atoms. The van der Waals surface area contributed by atoms with Crippen LogP contribution in [0.1, 0.15) is 41.6 Å². The number of hydrogen-bond donors (Lipinski definition) is 1. The molecule has 4 aromatic carbocycles. The molecule has 0 radical (unpaired) electrons. The average molecular weight is 666 g/mol. The van der Waals surface area contributed by atoms with E-state index in [0.717, 1.165) is 55.5 Å². The minimum Gasteiger partial charge on any atom is -0.469 e. The lowest BCUT2D eigenvalue weighted by Crippen LogP contribution is -2.60. The van der Waals surface area contributed by atoms with Crippen molar-refractivity contribution >= 4 is 28.9 Å². The third-order valence-electron chi connectivity index (χ3n) is 11.0. The predicted molar refractivity (Wildman–Crippen MR) is 191 cm³/mol. The van der Waals surface area contributed by atoms with Crippen LogP contribution in [0.15, 0.2) is 103 Å². The normalized spacial score (nSPS) is 19.8. The maximum Gasteiger partial charge on any atom is 0.407 e. The number of methoxy groups -OCH3 is 1. The standard InChI is InChI=1S/C42H39N3O5/c1-26(43-41(48)50-24-36-34-16-8-6-14-32(34)33-15-7-9-17-35(33)36)39(46)45-20-19-30-22-37-29(23-42(30,25-45)40(47)49-2)21-28-13-10-18-31(38(28)44-37)27-11-4-3-5-12-27/h3-18,21,26,30,36H,19-20,22-25H2,1-2H3,(H,43,48)/t26-,30-,42-/m0/s1. The van der Waals surface area contributed by atoms with Gasteiger partial charge in [0.1, 0.15) is 12.6 Å². The van der Waals surface area contributed by atoms with Crippen molar-refractivity contribution < 1.29 is 23.9 Å². The number of esters is 1. The van der Waals surface area contributed by atoms with E-state index in [1.807, 2.05) is 48.5 Å². The lowest BCUT2D eigenvalue weighted by atomic mass is 9.62. The summed E-state index contributed by atoms with van der Waals surface area (Å²) in [6.07, 6.45) is 1.03. The quantitative estimate of drug-likeness (QED) is 0.198. The van der Waals surface area contributed by atoms with Gasteiger partial charge in [0.2, 0.25) is 5.91 Å². The Balaban J connectivity index is 0.977. The van der Waals surface area contributed by atoms with Crippen LogP contribution in [-0.4, -0.2) is 60.7 Å². The zero-order valence-corrected chi connectivity index (χ0v) is 28.2. The molecule has 8 rings (SSSR count). The first-order valence-electron chi connectivity index (χ1n) is 17.3. The van der Waals surface area contributed by atoms with Crippen LogP contribution in [0.5, 0.6) is 0 Å². The summed E-state index contributed by atoms with van der Waals surface area (Å²) < 4.78 is 11.1. The highest BCUT2D eigenvalue weighted by Crippen LogP contribution is 2.47. The van der Waals surface area contributed by atoms with Crippen LogP contribution in [0.25, 0.3) is 33.2 Å². The van der Waals surface area contributed by atoms with E-state index >= 15 is 0 Å². The summed E-state index contributed by atoms with van der Waals surface area (Å²) in [6, 6.07) is 34.1. The highest BCUT2D eigenvalue weighted by Gasteiger charge is 2.54. The van der Waals surface area contributed by atoms with Crippen molar-refractivity contribution in [2.24, 2.45) is 11.3 Å². The first-order chi connectivity index (χ1) is 24.4. The molecule has 1 N–H and O–H groups in total. The van der Waals surface area contributed by atoms with E-state index < -0.39 is 17.6 Å². The number of aromatic nitrogens is 1. The summed E-state index contributed by atoms with van der Waals surface area (Å²) in [4.78, 5) is 47.4. The zero-order valence-electron chi connectivity index (χ0n) is 28.2. The number of benzene rings is 4. The van der Waals surface area contributed by atoms with Crippen molar-refractivity contribution in [2.75, 3.05) is 26.8 Å². The molecule has 3 aliphatic rings. The number of nitrogens with zero attached hydrogens (tertiary/aromatic N) is 2. The van der Waals surface area contributed by atoms with Crippen LogP contribution >= 0.6 is 0 Å². The maximum absolute atomic E-state index is 13.8. The van der Waals surface area contributed by atoms with Gasteiger partial charge in [0.05, 0.1) is 18.0 Å². The third kappa shape index (κ3) is 5.39. The molecule has 2 heterocycles. The summed E-state index contributed by atoms with van der Waals surface area (Å²) in [5, 5.41) is 3.76. The summed E-state index contributed by atoms with van der Waals surface area (Å²) in [7, 11) is 1.41. The number of carbonyl (C=O) groups excluding carboxylic acids is 3. The lowest BCUT2D eigenvalue weighted by molar-refractivity contribution is -0.164. The average Bonchev–Trinajstić information content (AvgIpc) is 3.48. The third-order valence-corrected chi connectivity index (χ3v) is 11.0. The largest absolute Gasteiger partial charge is 0.469 e. The van der Waals surface area contributed by atoms with Gasteiger partial charge < -0.3 is 19.7 Å². The fourth-order valence-electron chi connectivity index (χ4n) is 8.52. The van der Waals surface area contributed by atoms with Gasteiger partial charge in [0, 0.05) is 35.7 Å². The Labute approximate surface area is 291 Å². The number of carbonyl (C=O) groups is 3. The molecule has 0 saturated carbocycles. The molecule has 252 valence electrons. The molecule has 8 heteroatoms. The number of fused-ring (bicyclic) bond motifs is 6. The Morgan fingerprint density at radius 2 is 1.58 bits per heavy atom. The molecular formula is C42H39N3O5. The number of piperidine rings is 1. The highest BCUT2D eigenvalue weighted by atomic mass is 16.5. The second kappa shape index (κ2) is 12.8. The summed E-state index contributed by atoms with van der Waals surface area (Å²) >= 11 is 0. The Kier molecular flexibility index (Phi) is 8.10. The predicted octanol–water partition coefficient (Wildman–Crippen LogP) is 6.94. The van der Waals surface area contributed by atoms with Gasteiger partial charge in [-0.2, -0.15) is 0 Å². The van der Waals surface area contributed by atoms with Crippen molar-refractivity contribution in [1.29, 1.82) is 0 Å². The van der Waals surface area contributed by atoms with Crippen LogP contribution in [-0.2, 0) is 31.9 Å². The molecule has 0 unspecified atom stereocenters. The second-order valence-electron chi connectivity index (χ2n) is 13.8. The minimum atomic E-state index is -0.911. The van der Waals surface area contributed by atoms with Gasteiger partial charge in [-0.25, -0.2) is 4.79 Å². The molecule has 1 saturated heterocycles. The monoisotopic (exact) mass is 665 g/mol. The van der Waals surface area contributed by atoms with E-state index in [4.69, 9.17) is 14.5 Å². The Bertz CT molecular complexity index is 2090. The van der Waals surface area contributed by atoms with Gasteiger partial charge in [0.25, 0.3) is 0 Å². The Hall–Kier alpha value is -5.50. The van der Waals surface area contributed by atoms with E-state index in [9.17, 15) is 14.4 Å². The van der Waals surface area contributed by atoms with Crippen molar-refractivity contribution in [3.63, 3.8) is 0 Å². The van der Waals surface area contributed by atoms with E-state index in [1.54, 1.807) is 11.8 Å². The van der Waals surface area contributed by atoms with E-state index in [0.29, 0.717) is 25.8 Å².